The van der Waals surface area contributed by atoms with Gasteiger partial charge in [0.1, 0.15) is 0 Å². The molecular weight excluding hydrogens is 202 g/mol. The van der Waals surface area contributed by atoms with Gasteiger partial charge in [-0.2, -0.15) is 0 Å². The van der Waals surface area contributed by atoms with Gasteiger partial charge < -0.3 is 5.73 Å². The van der Waals surface area contributed by atoms with E-state index in [2.05, 4.69) is 31.2 Å². The molecule has 0 aliphatic carbocycles. The fourth-order valence-electron chi connectivity index (χ4n) is 1.41. The van der Waals surface area contributed by atoms with E-state index in [1.165, 1.54) is 35.5 Å². The van der Waals surface area contributed by atoms with E-state index in [0.29, 0.717) is 0 Å². The molecule has 1 rings (SSSR count). The van der Waals surface area contributed by atoms with Crippen LogP contribution >= 0.6 is 11.8 Å². The third-order valence-electron chi connectivity index (χ3n) is 2.42. The fourth-order valence-corrected chi connectivity index (χ4v) is 2.32. The minimum absolute atomic E-state index is 0.143. The molecule has 1 unspecified atom stereocenters. The van der Waals surface area contributed by atoms with Crippen molar-refractivity contribution in [1.82, 2.24) is 0 Å². The maximum absolute atomic E-state index is 5.80. The first-order valence-corrected chi connectivity index (χ1v) is 6.71. The summed E-state index contributed by atoms with van der Waals surface area (Å²) < 4.78 is 0. The first kappa shape index (κ1) is 12.6. The Hall–Kier alpha value is -0.470. The summed E-state index contributed by atoms with van der Waals surface area (Å²) in [5.74, 6) is 1.23. The first-order valence-electron chi connectivity index (χ1n) is 5.72. The van der Waals surface area contributed by atoms with Gasteiger partial charge in [-0.1, -0.05) is 31.9 Å². The van der Waals surface area contributed by atoms with Crippen molar-refractivity contribution < 1.29 is 0 Å². The summed E-state index contributed by atoms with van der Waals surface area (Å²) in [6.45, 7) is 4.26. The summed E-state index contributed by atoms with van der Waals surface area (Å²) in [5, 5.41) is 0. The second kappa shape index (κ2) is 6.91. The summed E-state index contributed by atoms with van der Waals surface area (Å²) in [7, 11) is 0. The maximum atomic E-state index is 5.80. The molecule has 0 radical (unpaired) electrons. The highest BCUT2D eigenvalue weighted by Gasteiger charge is 1.99. The molecule has 0 aromatic heterocycles. The molecule has 15 heavy (non-hydrogen) atoms. The van der Waals surface area contributed by atoms with Gasteiger partial charge in [0, 0.05) is 10.9 Å². The van der Waals surface area contributed by atoms with Crippen LogP contribution in [0.15, 0.2) is 29.2 Å². The molecule has 2 N–H and O–H groups in total. The third kappa shape index (κ3) is 4.72. The monoisotopic (exact) mass is 223 g/mol. The second-order valence-electron chi connectivity index (χ2n) is 3.91. The van der Waals surface area contributed by atoms with E-state index in [-0.39, 0.29) is 6.04 Å². The van der Waals surface area contributed by atoms with Crippen LogP contribution in [0.1, 0.15) is 44.7 Å². The van der Waals surface area contributed by atoms with Gasteiger partial charge in [0.15, 0.2) is 0 Å². The maximum Gasteiger partial charge on any atom is 0.0266 e. The smallest absolute Gasteiger partial charge is 0.0266 e. The second-order valence-corrected chi connectivity index (χ2v) is 5.08. The number of benzene rings is 1. The van der Waals surface area contributed by atoms with E-state index in [1.807, 2.05) is 18.7 Å². The Morgan fingerprint density at radius 2 is 1.87 bits per heavy atom. The summed E-state index contributed by atoms with van der Waals surface area (Å²) >= 11 is 1.94. The lowest BCUT2D eigenvalue weighted by molar-refractivity contribution is 0.778. The van der Waals surface area contributed by atoms with Crippen molar-refractivity contribution in [3.63, 3.8) is 0 Å². The van der Waals surface area contributed by atoms with E-state index >= 15 is 0 Å². The molecule has 0 saturated heterocycles. The van der Waals surface area contributed by atoms with Crippen molar-refractivity contribution in [3.8, 4) is 0 Å². The molecule has 0 bridgehead atoms. The van der Waals surface area contributed by atoms with Crippen molar-refractivity contribution in [2.75, 3.05) is 5.75 Å². The van der Waals surface area contributed by atoms with Crippen LogP contribution in [0.5, 0.6) is 0 Å². The Morgan fingerprint density at radius 3 is 2.40 bits per heavy atom. The summed E-state index contributed by atoms with van der Waals surface area (Å²) in [6, 6.07) is 8.76. The fraction of sp³-hybridized carbons (Fsp3) is 0.538. The number of nitrogens with two attached hydrogens (primary N) is 1. The molecule has 1 aromatic carbocycles. The zero-order valence-corrected chi connectivity index (χ0v) is 10.5. The standard InChI is InChI=1S/C13H21NS/c1-3-4-5-10-15-13-8-6-12(7-9-13)11(2)14/h6-9,11H,3-5,10,14H2,1-2H3. The predicted molar refractivity (Wildman–Crippen MR) is 69.3 cm³/mol. The number of unbranched alkanes of at least 4 members (excludes halogenated alkanes) is 2. The summed E-state index contributed by atoms with van der Waals surface area (Å²) in [5.41, 5.74) is 7.01. The van der Waals surface area contributed by atoms with Crippen molar-refractivity contribution in [3.05, 3.63) is 29.8 Å². The Balaban J connectivity index is 2.36. The molecule has 1 nitrogen and oxygen atoms in total. The van der Waals surface area contributed by atoms with E-state index < -0.39 is 0 Å². The SMILES string of the molecule is CCCCCSc1ccc(C(C)N)cc1. The van der Waals surface area contributed by atoms with Crippen LogP contribution in [0.2, 0.25) is 0 Å². The van der Waals surface area contributed by atoms with Crippen molar-refractivity contribution in [1.29, 1.82) is 0 Å². The Bertz CT molecular complexity index is 266. The van der Waals surface area contributed by atoms with E-state index in [0.717, 1.165) is 0 Å². The van der Waals surface area contributed by atoms with Crippen LogP contribution in [0.4, 0.5) is 0 Å². The highest BCUT2D eigenvalue weighted by Crippen LogP contribution is 2.21. The molecule has 0 saturated carbocycles. The highest BCUT2D eigenvalue weighted by molar-refractivity contribution is 7.99. The number of hydrogen-bond donors (Lipinski definition) is 1. The summed E-state index contributed by atoms with van der Waals surface area (Å²) in [4.78, 5) is 1.36. The van der Waals surface area contributed by atoms with Crippen LogP contribution in [0, 0.1) is 0 Å². The molecule has 0 heterocycles. The molecule has 1 aromatic rings. The lowest BCUT2D eigenvalue weighted by Crippen LogP contribution is -2.04. The number of rotatable bonds is 6. The average Bonchev–Trinajstić information content (AvgIpc) is 2.25. The van der Waals surface area contributed by atoms with Crippen LogP contribution in [0.3, 0.4) is 0 Å². The largest absolute Gasteiger partial charge is 0.324 e. The quantitative estimate of drug-likeness (QED) is 0.583. The van der Waals surface area contributed by atoms with Crippen molar-refractivity contribution in [2.24, 2.45) is 5.73 Å². The number of hydrogen-bond acceptors (Lipinski definition) is 2. The molecule has 1 atom stereocenters. The van der Waals surface area contributed by atoms with Gasteiger partial charge in [0.05, 0.1) is 0 Å². The molecule has 84 valence electrons. The molecule has 0 amide bonds. The Kier molecular flexibility index (Phi) is 5.81. The van der Waals surface area contributed by atoms with Gasteiger partial charge in [-0.25, -0.2) is 0 Å². The van der Waals surface area contributed by atoms with E-state index in [9.17, 15) is 0 Å². The topological polar surface area (TPSA) is 26.0 Å². The lowest BCUT2D eigenvalue weighted by Gasteiger charge is -2.06. The first-order chi connectivity index (χ1) is 7.24. The van der Waals surface area contributed by atoms with Gasteiger partial charge in [-0.15, -0.1) is 11.8 Å². The van der Waals surface area contributed by atoms with Crippen LogP contribution in [-0.4, -0.2) is 5.75 Å². The van der Waals surface area contributed by atoms with E-state index in [1.54, 1.807) is 0 Å². The molecule has 0 aliphatic heterocycles. The zero-order chi connectivity index (χ0) is 11.1. The minimum Gasteiger partial charge on any atom is -0.324 e. The van der Waals surface area contributed by atoms with Crippen LogP contribution in [-0.2, 0) is 0 Å². The lowest BCUT2D eigenvalue weighted by atomic mass is 10.1. The Labute approximate surface area is 97.4 Å². The van der Waals surface area contributed by atoms with Crippen LogP contribution < -0.4 is 5.73 Å². The molecule has 0 aliphatic rings. The Morgan fingerprint density at radius 1 is 1.20 bits per heavy atom. The van der Waals surface area contributed by atoms with Crippen molar-refractivity contribution in [2.45, 2.75) is 44.0 Å². The molecule has 0 fully saturated rings. The van der Waals surface area contributed by atoms with Gasteiger partial charge in [-0.3, -0.25) is 0 Å². The predicted octanol–water partition coefficient (Wildman–Crippen LogP) is 3.99. The minimum atomic E-state index is 0.143. The molecule has 0 spiro atoms. The summed E-state index contributed by atoms with van der Waals surface area (Å²) in [6.07, 6.45) is 3.95. The normalized spacial score (nSPS) is 12.7. The van der Waals surface area contributed by atoms with Gasteiger partial charge in [0.2, 0.25) is 0 Å². The third-order valence-corrected chi connectivity index (χ3v) is 3.52. The highest BCUT2D eigenvalue weighted by atomic mass is 32.2. The van der Waals surface area contributed by atoms with E-state index in [4.69, 9.17) is 5.73 Å². The molecule has 2 heteroatoms. The van der Waals surface area contributed by atoms with Gasteiger partial charge in [-0.05, 0) is 36.8 Å². The average molecular weight is 223 g/mol. The number of thioether (sulfide) groups is 1. The van der Waals surface area contributed by atoms with Gasteiger partial charge >= 0.3 is 0 Å². The van der Waals surface area contributed by atoms with Gasteiger partial charge in [0.25, 0.3) is 0 Å². The molecular formula is C13H21NS. The van der Waals surface area contributed by atoms with Crippen molar-refractivity contribution >= 4 is 11.8 Å². The van der Waals surface area contributed by atoms with Crippen LogP contribution in [0.25, 0.3) is 0 Å². The zero-order valence-electron chi connectivity index (χ0n) is 9.70.